The zero-order chi connectivity index (χ0) is 11.1. The van der Waals surface area contributed by atoms with Gasteiger partial charge < -0.3 is 0 Å². The van der Waals surface area contributed by atoms with Crippen LogP contribution in [0.25, 0.3) is 0 Å². The van der Waals surface area contributed by atoms with Crippen LogP contribution in [0.1, 0.15) is 13.3 Å². The number of hydrogen-bond acceptors (Lipinski definition) is 2. The van der Waals surface area contributed by atoms with Gasteiger partial charge in [0, 0.05) is 0 Å². The van der Waals surface area contributed by atoms with Gasteiger partial charge in [-0.15, -0.1) is 0 Å². The Balaban J connectivity index is 2.47. The van der Waals surface area contributed by atoms with Crippen molar-refractivity contribution >= 4 is 19.4 Å². The van der Waals surface area contributed by atoms with Crippen LogP contribution in [0, 0.1) is 5.92 Å². The summed E-state index contributed by atoms with van der Waals surface area (Å²) in [5.74, 6) is 0.285. The van der Waals surface area contributed by atoms with Crippen molar-refractivity contribution in [1.29, 1.82) is 0 Å². The third kappa shape index (κ3) is 4.80. The van der Waals surface area contributed by atoms with Gasteiger partial charge in [0.2, 0.25) is 0 Å². The van der Waals surface area contributed by atoms with Crippen LogP contribution in [0.5, 0.6) is 0 Å². The molecule has 2 N–H and O–H groups in total. The second-order valence-corrected chi connectivity index (χ2v) is 6.64. The molecule has 0 radical (unpaired) electrons. The Labute approximate surface area is 97.5 Å². The first kappa shape index (κ1) is 12.7. The molecule has 0 saturated heterocycles. The van der Waals surface area contributed by atoms with Crippen molar-refractivity contribution in [2.75, 3.05) is 13.2 Å². The predicted molar refractivity (Wildman–Crippen MR) is 63.5 cm³/mol. The van der Waals surface area contributed by atoms with Gasteiger partial charge in [-0.05, 0) is 0 Å². The van der Waals surface area contributed by atoms with Crippen molar-refractivity contribution in [3.8, 4) is 0 Å². The maximum atomic E-state index is 9.27. The Morgan fingerprint density at radius 3 is 2.33 bits per heavy atom. The molecule has 0 heterocycles. The predicted octanol–water partition coefficient (Wildman–Crippen LogP) is 0.815. The van der Waals surface area contributed by atoms with Crippen molar-refractivity contribution in [2.45, 2.75) is 18.2 Å². The number of benzene rings is 1. The fourth-order valence-electron chi connectivity index (χ4n) is 1.37. The molecule has 0 saturated carbocycles. The summed E-state index contributed by atoms with van der Waals surface area (Å²) in [7, 11) is 0. The van der Waals surface area contributed by atoms with Crippen molar-refractivity contribution in [3.63, 3.8) is 0 Å². The summed E-state index contributed by atoms with van der Waals surface area (Å²) < 4.78 is 1.31. The molecule has 84 valence electrons. The zero-order valence-electron chi connectivity index (χ0n) is 8.97. The number of hydrogen-bond donors (Lipinski definition) is 2. The van der Waals surface area contributed by atoms with Crippen molar-refractivity contribution in [3.05, 3.63) is 30.3 Å². The molecule has 0 fully saturated rings. The Hall–Kier alpha value is -0.341. The molecule has 0 aliphatic carbocycles. The first-order valence-corrected chi connectivity index (χ1v) is 7.04. The van der Waals surface area contributed by atoms with E-state index in [0.717, 1.165) is 6.42 Å². The van der Waals surface area contributed by atoms with E-state index in [9.17, 15) is 5.11 Å². The third-order valence-corrected chi connectivity index (χ3v) is 4.78. The van der Waals surface area contributed by atoms with Crippen molar-refractivity contribution in [1.82, 2.24) is 0 Å². The molecule has 0 aromatic heterocycles. The zero-order valence-corrected chi connectivity index (χ0v) is 10.7. The van der Waals surface area contributed by atoms with Gasteiger partial charge in [0.15, 0.2) is 0 Å². The van der Waals surface area contributed by atoms with Gasteiger partial charge in [0.05, 0.1) is 0 Å². The minimum atomic E-state index is 0.210. The van der Waals surface area contributed by atoms with E-state index < -0.39 is 0 Å². The van der Waals surface area contributed by atoms with Gasteiger partial charge in [-0.3, -0.25) is 0 Å². The van der Waals surface area contributed by atoms with Gasteiger partial charge in [0.1, 0.15) is 0 Å². The van der Waals surface area contributed by atoms with E-state index in [0.29, 0.717) is 19.8 Å². The van der Waals surface area contributed by atoms with Gasteiger partial charge in [-0.1, -0.05) is 0 Å². The Kier molecular flexibility index (Phi) is 5.96. The van der Waals surface area contributed by atoms with E-state index in [1.165, 1.54) is 4.46 Å². The molecule has 0 spiro atoms. The molecular formula is C12H18O2Se. The standard InChI is InChI=1S/C12H18O2Se/c1-10(8-13)7-12(9-14)15-11-5-3-2-4-6-11/h2-6,10,12-14H,7-9H2,1H3. The summed E-state index contributed by atoms with van der Waals surface area (Å²) in [6.45, 7) is 2.45. The first-order valence-electron chi connectivity index (χ1n) is 5.19. The van der Waals surface area contributed by atoms with Gasteiger partial charge in [0.25, 0.3) is 0 Å². The van der Waals surface area contributed by atoms with Crippen molar-refractivity contribution < 1.29 is 10.2 Å². The van der Waals surface area contributed by atoms with Crippen LogP contribution in [0.15, 0.2) is 30.3 Å². The topological polar surface area (TPSA) is 40.5 Å². The van der Waals surface area contributed by atoms with E-state index in [4.69, 9.17) is 5.11 Å². The van der Waals surface area contributed by atoms with E-state index in [-0.39, 0.29) is 19.1 Å². The average Bonchev–Trinajstić information content (AvgIpc) is 2.29. The van der Waals surface area contributed by atoms with Gasteiger partial charge >= 0.3 is 97.3 Å². The molecule has 0 amide bonds. The van der Waals surface area contributed by atoms with Gasteiger partial charge in [-0.25, -0.2) is 0 Å². The fourth-order valence-corrected chi connectivity index (χ4v) is 3.89. The molecule has 3 heteroatoms. The van der Waals surface area contributed by atoms with Crippen LogP contribution in [-0.2, 0) is 0 Å². The molecule has 0 aliphatic rings. The molecule has 0 aliphatic heterocycles. The van der Waals surface area contributed by atoms with Crippen LogP contribution < -0.4 is 4.46 Å². The molecule has 2 nitrogen and oxygen atoms in total. The minimum absolute atomic E-state index is 0.210. The summed E-state index contributed by atoms with van der Waals surface area (Å²) >= 11 is 0.305. The summed E-state index contributed by atoms with van der Waals surface area (Å²) in [6.07, 6.45) is 0.905. The Bertz CT molecular complexity index is 264. The van der Waals surface area contributed by atoms with Crippen LogP contribution in [0.2, 0.25) is 4.82 Å². The molecule has 2 atom stereocenters. The second-order valence-electron chi connectivity index (χ2n) is 3.76. The number of aliphatic hydroxyl groups is 2. The van der Waals surface area contributed by atoms with Crippen molar-refractivity contribution in [2.24, 2.45) is 5.92 Å². The molecule has 1 aromatic carbocycles. The summed E-state index contributed by atoms with van der Waals surface area (Å²) in [6, 6.07) is 10.3. The normalized spacial score (nSPS) is 14.9. The summed E-state index contributed by atoms with van der Waals surface area (Å²) in [5.41, 5.74) is 0. The van der Waals surface area contributed by atoms with E-state index in [1.54, 1.807) is 0 Å². The van der Waals surface area contributed by atoms with Crippen LogP contribution in [-0.4, -0.2) is 38.4 Å². The maximum absolute atomic E-state index is 9.27. The third-order valence-electron chi connectivity index (χ3n) is 2.23. The Morgan fingerprint density at radius 2 is 1.80 bits per heavy atom. The quantitative estimate of drug-likeness (QED) is 0.753. The van der Waals surface area contributed by atoms with Crippen LogP contribution in [0.3, 0.4) is 0 Å². The fraction of sp³-hybridized carbons (Fsp3) is 0.500. The van der Waals surface area contributed by atoms with E-state index in [2.05, 4.69) is 12.1 Å². The summed E-state index contributed by atoms with van der Waals surface area (Å²) in [5, 5.41) is 18.2. The molecular weight excluding hydrogens is 255 g/mol. The number of aliphatic hydroxyl groups excluding tert-OH is 2. The molecule has 0 bridgehead atoms. The number of rotatable bonds is 6. The average molecular weight is 273 g/mol. The first-order chi connectivity index (χ1) is 7.26. The SMILES string of the molecule is CC(CO)CC(CO)[Se]c1ccccc1. The Morgan fingerprint density at radius 1 is 1.13 bits per heavy atom. The molecule has 1 aromatic rings. The monoisotopic (exact) mass is 274 g/mol. The van der Waals surface area contributed by atoms with Gasteiger partial charge in [-0.2, -0.15) is 0 Å². The summed E-state index contributed by atoms with van der Waals surface area (Å²) in [4.78, 5) is 0.321. The van der Waals surface area contributed by atoms with Crippen LogP contribution in [0.4, 0.5) is 0 Å². The van der Waals surface area contributed by atoms with Crippen LogP contribution >= 0.6 is 0 Å². The molecule has 1 rings (SSSR count). The molecule has 15 heavy (non-hydrogen) atoms. The van der Waals surface area contributed by atoms with E-state index in [1.807, 2.05) is 25.1 Å². The molecule has 2 unspecified atom stereocenters. The van der Waals surface area contributed by atoms with E-state index >= 15 is 0 Å². The second kappa shape index (κ2) is 7.02.